The van der Waals surface area contributed by atoms with Gasteiger partial charge in [-0.2, -0.15) is 0 Å². The van der Waals surface area contributed by atoms with Gasteiger partial charge >= 0.3 is 0 Å². The number of anilines is 1. The van der Waals surface area contributed by atoms with E-state index in [1.807, 2.05) is 23.1 Å². The van der Waals surface area contributed by atoms with Crippen LogP contribution in [0.2, 0.25) is 5.02 Å². The van der Waals surface area contributed by atoms with Crippen LogP contribution < -0.4 is 4.72 Å². The Morgan fingerprint density at radius 1 is 0.848 bits per heavy atom. The van der Waals surface area contributed by atoms with Crippen LogP contribution in [0.15, 0.2) is 83.8 Å². The van der Waals surface area contributed by atoms with Crippen molar-refractivity contribution in [2.24, 2.45) is 0 Å². The second-order valence-electron chi connectivity index (χ2n) is 8.04. The summed E-state index contributed by atoms with van der Waals surface area (Å²) in [4.78, 5) is 17.3. The minimum absolute atomic E-state index is 0.0776. The standard InChI is InChI=1S/C25H26ClN3O3S/c26-22-9-11-23(12-10-22)27-33(31,32)24-13-7-21(8-14-24)25(30)29-16-4-15-28(17-18-29)19-20-5-2-1-3-6-20/h1-3,5-14,27H,4,15-19H2. The lowest BCUT2D eigenvalue weighted by atomic mass is 10.2. The topological polar surface area (TPSA) is 69.7 Å². The van der Waals surface area contributed by atoms with E-state index in [0.29, 0.717) is 29.4 Å². The Morgan fingerprint density at radius 2 is 1.55 bits per heavy atom. The van der Waals surface area contributed by atoms with E-state index >= 15 is 0 Å². The molecule has 0 bridgehead atoms. The van der Waals surface area contributed by atoms with Crippen molar-refractivity contribution in [3.05, 3.63) is 95.0 Å². The minimum atomic E-state index is -3.76. The van der Waals surface area contributed by atoms with Crippen molar-refractivity contribution in [3.8, 4) is 0 Å². The van der Waals surface area contributed by atoms with Gasteiger partial charge in [0.1, 0.15) is 0 Å². The number of nitrogens with one attached hydrogen (secondary N) is 1. The largest absolute Gasteiger partial charge is 0.337 e. The third-order valence-electron chi connectivity index (χ3n) is 5.63. The van der Waals surface area contributed by atoms with Gasteiger partial charge < -0.3 is 4.90 Å². The molecule has 0 atom stereocenters. The maximum Gasteiger partial charge on any atom is 0.261 e. The average molecular weight is 484 g/mol. The monoisotopic (exact) mass is 483 g/mol. The van der Waals surface area contributed by atoms with Crippen molar-refractivity contribution in [2.75, 3.05) is 30.9 Å². The SMILES string of the molecule is O=C(c1ccc(S(=O)(=O)Nc2ccc(Cl)cc2)cc1)N1CCCN(Cc2ccccc2)CC1. The van der Waals surface area contributed by atoms with Gasteiger partial charge in [0.15, 0.2) is 0 Å². The van der Waals surface area contributed by atoms with E-state index in [2.05, 4.69) is 21.8 Å². The summed E-state index contributed by atoms with van der Waals surface area (Å²) in [7, 11) is -3.76. The summed E-state index contributed by atoms with van der Waals surface area (Å²) >= 11 is 5.85. The first-order chi connectivity index (χ1) is 15.9. The zero-order chi connectivity index (χ0) is 23.3. The highest BCUT2D eigenvalue weighted by Crippen LogP contribution is 2.20. The molecule has 1 aliphatic heterocycles. The third kappa shape index (κ3) is 6.13. The van der Waals surface area contributed by atoms with E-state index in [1.165, 1.54) is 17.7 Å². The van der Waals surface area contributed by atoms with Crippen LogP contribution in [0.3, 0.4) is 0 Å². The maximum absolute atomic E-state index is 13.0. The number of nitrogens with zero attached hydrogens (tertiary/aromatic N) is 2. The molecule has 1 aliphatic rings. The van der Waals surface area contributed by atoms with Gasteiger partial charge in [-0.3, -0.25) is 14.4 Å². The van der Waals surface area contributed by atoms with Crippen LogP contribution in [0.5, 0.6) is 0 Å². The highest BCUT2D eigenvalue weighted by Gasteiger charge is 2.21. The van der Waals surface area contributed by atoms with Crippen LogP contribution in [0, 0.1) is 0 Å². The molecule has 0 unspecified atom stereocenters. The zero-order valence-electron chi connectivity index (χ0n) is 18.2. The fourth-order valence-electron chi connectivity index (χ4n) is 3.86. The van der Waals surface area contributed by atoms with E-state index in [-0.39, 0.29) is 10.8 Å². The van der Waals surface area contributed by atoms with Crippen molar-refractivity contribution >= 4 is 33.2 Å². The molecule has 172 valence electrons. The van der Waals surface area contributed by atoms with Crippen LogP contribution >= 0.6 is 11.6 Å². The van der Waals surface area contributed by atoms with E-state index in [0.717, 1.165) is 26.1 Å². The lowest BCUT2D eigenvalue weighted by molar-refractivity contribution is 0.0761. The van der Waals surface area contributed by atoms with Gasteiger partial charge in [-0.15, -0.1) is 0 Å². The molecular formula is C25H26ClN3O3S. The van der Waals surface area contributed by atoms with Gasteiger partial charge in [-0.25, -0.2) is 8.42 Å². The predicted molar refractivity (Wildman–Crippen MR) is 131 cm³/mol. The maximum atomic E-state index is 13.0. The molecule has 6 nitrogen and oxygen atoms in total. The molecule has 0 aliphatic carbocycles. The first-order valence-electron chi connectivity index (χ1n) is 10.8. The normalized spacial score (nSPS) is 15.1. The van der Waals surface area contributed by atoms with Crippen LogP contribution in [-0.4, -0.2) is 50.3 Å². The molecule has 1 saturated heterocycles. The summed E-state index contributed by atoms with van der Waals surface area (Å²) in [6.45, 7) is 3.94. The van der Waals surface area contributed by atoms with Crippen molar-refractivity contribution in [1.29, 1.82) is 0 Å². The molecule has 1 fully saturated rings. The molecule has 1 amide bonds. The summed E-state index contributed by atoms with van der Waals surface area (Å²) < 4.78 is 27.8. The molecule has 8 heteroatoms. The highest BCUT2D eigenvalue weighted by molar-refractivity contribution is 7.92. The zero-order valence-corrected chi connectivity index (χ0v) is 19.7. The molecule has 3 aromatic rings. The van der Waals surface area contributed by atoms with Gasteiger partial charge in [0.2, 0.25) is 0 Å². The van der Waals surface area contributed by atoms with Crippen LogP contribution in [-0.2, 0) is 16.6 Å². The molecule has 0 aromatic heterocycles. The smallest absolute Gasteiger partial charge is 0.261 e. The van der Waals surface area contributed by atoms with Crippen LogP contribution in [0.1, 0.15) is 22.3 Å². The summed E-state index contributed by atoms with van der Waals surface area (Å²) in [5.74, 6) is -0.0776. The van der Waals surface area contributed by atoms with Crippen molar-refractivity contribution in [3.63, 3.8) is 0 Å². The summed E-state index contributed by atoms with van der Waals surface area (Å²) in [5, 5.41) is 0.525. The van der Waals surface area contributed by atoms with E-state index in [9.17, 15) is 13.2 Å². The molecule has 0 spiro atoms. The lowest BCUT2D eigenvalue weighted by Gasteiger charge is -2.22. The Kier molecular flexibility index (Phi) is 7.33. The van der Waals surface area contributed by atoms with Gasteiger partial charge in [0.25, 0.3) is 15.9 Å². The van der Waals surface area contributed by atoms with Crippen LogP contribution in [0.25, 0.3) is 0 Å². The molecule has 0 radical (unpaired) electrons. The van der Waals surface area contributed by atoms with E-state index in [1.54, 1.807) is 36.4 Å². The summed E-state index contributed by atoms with van der Waals surface area (Å²) in [6, 6.07) is 22.8. The Morgan fingerprint density at radius 3 is 2.24 bits per heavy atom. The van der Waals surface area contributed by atoms with E-state index < -0.39 is 10.0 Å². The predicted octanol–water partition coefficient (Wildman–Crippen LogP) is 4.49. The van der Waals surface area contributed by atoms with Gasteiger partial charge in [0.05, 0.1) is 4.90 Å². The van der Waals surface area contributed by atoms with Crippen molar-refractivity contribution in [2.45, 2.75) is 17.9 Å². The number of amides is 1. The fraction of sp³-hybridized carbons (Fsp3) is 0.240. The number of hydrogen-bond donors (Lipinski definition) is 1. The number of halogens is 1. The molecule has 33 heavy (non-hydrogen) atoms. The molecule has 3 aromatic carbocycles. The molecule has 0 saturated carbocycles. The van der Waals surface area contributed by atoms with E-state index in [4.69, 9.17) is 11.6 Å². The number of carbonyl (C=O) groups excluding carboxylic acids is 1. The molecular weight excluding hydrogens is 458 g/mol. The quantitative estimate of drug-likeness (QED) is 0.561. The summed E-state index contributed by atoms with van der Waals surface area (Å²) in [6.07, 6.45) is 0.899. The minimum Gasteiger partial charge on any atom is -0.337 e. The first-order valence-corrected chi connectivity index (χ1v) is 12.7. The Bertz CT molecular complexity index is 1180. The Labute approximate surface area is 199 Å². The fourth-order valence-corrected chi connectivity index (χ4v) is 5.05. The number of carbonyl (C=O) groups is 1. The number of sulfonamides is 1. The Balaban J connectivity index is 1.38. The number of benzene rings is 3. The van der Waals surface area contributed by atoms with Gasteiger partial charge in [-0.1, -0.05) is 41.9 Å². The van der Waals surface area contributed by atoms with Crippen molar-refractivity contribution < 1.29 is 13.2 Å². The highest BCUT2D eigenvalue weighted by atomic mass is 35.5. The number of rotatable bonds is 6. The molecule has 1 heterocycles. The second kappa shape index (κ2) is 10.4. The average Bonchev–Trinajstić information content (AvgIpc) is 3.06. The van der Waals surface area contributed by atoms with Crippen LogP contribution in [0.4, 0.5) is 5.69 Å². The van der Waals surface area contributed by atoms with Gasteiger partial charge in [-0.05, 0) is 60.5 Å². The lowest BCUT2D eigenvalue weighted by Crippen LogP contribution is -2.35. The molecule has 1 N–H and O–H groups in total. The first kappa shape index (κ1) is 23.3. The second-order valence-corrected chi connectivity index (χ2v) is 10.2. The third-order valence-corrected chi connectivity index (χ3v) is 7.28. The Hall–Kier alpha value is -2.87. The van der Waals surface area contributed by atoms with Gasteiger partial charge in [0, 0.05) is 49.0 Å². The summed E-state index contributed by atoms with van der Waals surface area (Å²) in [5.41, 5.74) is 2.17. The molecule has 4 rings (SSSR count). The van der Waals surface area contributed by atoms with Crippen molar-refractivity contribution in [1.82, 2.24) is 9.80 Å². The number of hydrogen-bond acceptors (Lipinski definition) is 4.